The average Bonchev–Trinajstić information content (AvgIpc) is 3.01. The van der Waals surface area contributed by atoms with Gasteiger partial charge in [0.2, 0.25) is 11.8 Å². The number of rotatable bonds is 13. The van der Waals surface area contributed by atoms with Crippen molar-refractivity contribution in [3.8, 4) is 0 Å². The van der Waals surface area contributed by atoms with Gasteiger partial charge in [0.05, 0.1) is 10.6 Å². The Bertz CT molecular complexity index is 1700. The minimum absolute atomic E-state index is 0.0675. The molecule has 0 aromatic heterocycles. The number of carbonyl (C=O) groups is 2. The highest BCUT2D eigenvalue weighted by atomic mass is 79.9. The van der Waals surface area contributed by atoms with Crippen molar-refractivity contribution in [2.24, 2.45) is 5.92 Å². The number of sulfonamides is 1. The zero-order chi connectivity index (χ0) is 32.6. The van der Waals surface area contributed by atoms with E-state index in [1.807, 2.05) is 75.4 Å². The highest BCUT2D eigenvalue weighted by Crippen LogP contribution is 2.27. The van der Waals surface area contributed by atoms with Crippen LogP contribution in [0.15, 0.2) is 117 Å². The topological polar surface area (TPSA) is 86.8 Å². The number of halogens is 2. The molecule has 1 unspecified atom stereocenters. The average molecular weight is 756 g/mol. The fourth-order valence-corrected chi connectivity index (χ4v) is 6.91. The van der Waals surface area contributed by atoms with E-state index >= 15 is 0 Å². The van der Waals surface area contributed by atoms with Crippen molar-refractivity contribution < 1.29 is 18.0 Å². The van der Waals surface area contributed by atoms with Crippen LogP contribution in [0.1, 0.15) is 30.5 Å². The maximum Gasteiger partial charge on any atom is 0.264 e. The number of hydrogen-bond donors (Lipinski definition) is 1. The van der Waals surface area contributed by atoms with Crippen LogP contribution >= 0.6 is 31.9 Å². The largest absolute Gasteiger partial charge is 0.354 e. The Balaban J connectivity index is 1.79. The molecule has 0 aliphatic rings. The van der Waals surface area contributed by atoms with Crippen molar-refractivity contribution in [1.82, 2.24) is 10.2 Å². The summed E-state index contributed by atoms with van der Waals surface area (Å²) in [5, 5.41) is 3.01. The van der Waals surface area contributed by atoms with Gasteiger partial charge in [-0.3, -0.25) is 13.9 Å². The van der Waals surface area contributed by atoms with E-state index in [-0.39, 0.29) is 29.7 Å². The molecule has 4 aromatic carbocycles. The third kappa shape index (κ3) is 9.51. The molecule has 0 saturated carbocycles. The van der Waals surface area contributed by atoms with Crippen LogP contribution in [0.3, 0.4) is 0 Å². The number of carbonyl (C=O) groups excluding carboxylic acids is 2. The van der Waals surface area contributed by atoms with Gasteiger partial charge in [0.25, 0.3) is 10.0 Å². The highest BCUT2D eigenvalue weighted by Gasteiger charge is 2.34. The molecule has 7 nitrogen and oxygen atoms in total. The fraction of sp³-hybridized carbons (Fsp3) is 0.257. The maximum absolute atomic E-state index is 14.5. The van der Waals surface area contributed by atoms with Crippen molar-refractivity contribution in [3.05, 3.63) is 129 Å². The fourth-order valence-electron chi connectivity index (χ4n) is 4.78. The smallest absolute Gasteiger partial charge is 0.264 e. The second-order valence-electron chi connectivity index (χ2n) is 11.3. The van der Waals surface area contributed by atoms with E-state index in [1.165, 1.54) is 17.0 Å². The van der Waals surface area contributed by atoms with Crippen LogP contribution in [0, 0.1) is 12.8 Å². The van der Waals surface area contributed by atoms with E-state index in [2.05, 4.69) is 37.2 Å². The van der Waals surface area contributed by atoms with Crippen LogP contribution < -0.4 is 9.62 Å². The molecule has 0 fully saturated rings. The maximum atomic E-state index is 14.5. The van der Waals surface area contributed by atoms with E-state index in [1.54, 1.807) is 36.4 Å². The second-order valence-corrected chi connectivity index (χ2v) is 15.0. The zero-order valence-corrected chi connectivity index (χ0v) is 29.5. The van der Waals surface area contributed by atoms with Crippen LogP contribution in [0.5, 0.6) is 0 Å². The lowest BCUT2D eigenvalue weighted by atomic mass is 10.0. The van der Waals surface area contributed by atoms with Gasteiger partial charge in [-0.2, -0.15) is 0 Å². The summed E-state index contributed by atoms with van der Waals surface area (Å²) in [6.07, 6.45) is 0.257. The Labute approximate surface area is 283 Å². The van der Waals surface area contributed by atoms with Gasteiger partial charge in [0.1, 0.15) is 12.6 Å². The molecule has 0 aliphatic heterocycles. The molecule has 4 rings (SSSR count). The van der Waals surface area contributed by atoms with Gasteiger partial charge < -0.3 is 10.2 Å². The number of amides is 2. The van der Waals surface area contributed by atoms with Crippen molar-refractivity contribution in [2.75, 3.05) is 17.4 Å². The minimum atomic E-state index is -4.16. The Hall–Kier alpha value is -3.47. The molecule has 0 spiro atoms. The third-order valence-electron chi connectivity index (χ3n) is 7.20. The van der Waals surface area contributed by atoms with E-state index in [4.69, 9.17) is 0 Å². The lowest BCUT2D eigenvalue weighted by Gasteiger charge is -2.34. The summed E-state index contributed by atoms with van der Waals surface area (Å²) in [7, 11) is -4.16. The van der Waals surface area contributed by atoms with Crippen molar-refractivity contribution >= 4 is 59.4 Å². The molecule has 2 amide bonds. The standard InChI is InChI=1S/C35H37Br2N3O4S/c1-25(2)22-38-35(42)33(21-27-8-5-4-6-9-27)39(23-28-10-7-11-30(37)20-28)34(41)24-40(31-16-14-29(36)15-17-31)45(43,44)32-18-12-26(3)13-19-32/h4-20,25,33H,21-24H2,1-3H3,(H,38,42). The number of benzene rings is 4. The minimum Gasteiger partial charge on any atom is -0.354 e. The van der Waals surface area contributed by atoms with Crippen molar-refractivity contribution in [1.29, 1.82) is 0 Å². The molecule has 45 heavy (non-hydrogen) atoms. The summed E-state index contributed by atoms with van der Waals surface area (Å²) in [5.41, 5.74) is 2.92. The third-order valence-corrected chi connectivity index (χ3v) is 10.0. The molecule has 0 aliphatic carbocycles. The van der Waals surface area contributed by atoms with Crippen molar-refractivity contribution in [3.63, 3.8) is 0 Å². The van der Waals surface area contributed by atoms with E-state index < -0.39 is 28.5 Å². The monoisotopic (exact) mass is 753 g/mol. The van der Waals surface area contributed by atoms with E-state index in [0.29, 0.717) is 12.2 Å². The van der Waals surface area contributed by atoms with Crippen molar-refractivity contribution in [2.45, 2.75) is 44.7 Å². The molecular formula is C35H37Br2N3O4S. The zero-order valence-electron chi connectivity index (χ0n) is 25.5. The predicted molar refractivity (Wildman–Crippen MR) is 186 cm³/mol. The van der Waals surface area contributed by atoms with Crippen LogP contribution in [-0.4, -0.2) is 44.3 Å². The predicted octanol–water partition coefficient (Wildman–Crippen LogP) is 7.13. The highest BCUT2D eigenvalue weighted by molar-refractivity contribution is 9.10. The van der Waals surface area contributed by atoms with Gasteiger partial charge in [0.15, 0.2) is 0 Å². The van der Waals surface area contributed by atoms with Crippen LogP contribution in [0.4, 0.5) is 5.69 Å². The number of hydrogen-bond acceptors (Lipinski definition) is 4. The van der Waals surface area contributed by atoms with Gasteiger partial charge in [-0.1, -0.05) is 106 Å². The Morgan fingerprint density at radius 2 is 1.44 bits per heavy atom. The molecule has 1 atom stereocenters. The summed E-state index contributed by atoms with van der Waals surface area (Å²) in [5.74, 6) is -0.602. The first-order chi connectivity index (χ1) is 21.4. The summed E-state index contributed by atoms with van der Waals surface area (Å²) in [4.78, 5) is 29.9. The van der Waals surface area contributed by atoms with Gasteiger partial charge >= 0.3 is 0 Å². The summed E-state index contributed by atoms with van der Waals surface area (Å²) >= 11 is 6.92. The van der Waals surface area contributed by atoms with Gasteiger partial charge in [-0.25, -0.2) is 8.42 Å². The first-order valence-corrected chi connectivity index (χ1v) is 17.7. The van der Waals surface area contributed by atoms with Crippen LogP contribution in [-0.2, 0) is 32.6 Å². The number of aryl methyl sites for hydroxylation is 1. The van der Waals surface area contributed by atoms with E-state index in [0.717, 1.165) is 29.9 Å². The Morgan fingerprint density at radius 1 is 0.800 bits per heavy atom. The lowest BCUT2D eigenvalue weighted by Crippen LogP contribution is -2.53. The quantitative estimate of drug-likeness (QED) is 0.158. The number of nitrogens with one attached hydrogen (secondary N) is 1. The Morgan fingerprint density at radius 3 is 2.07 bits per heavy atom. The van der Waals surface area contributed by atoms with E-state index in [9.17, 15) is 18.0 Å². The molecule has 4 aromatic rings. The SMILES string of the molecule is Cc1ccc(S(=O)(=O)N(CC(=O)N(Cc2cccc(Br)c2)C(Cc2ccccc2)C(=O)NCC(C)C)c2ccc(Br)cc2)cc1. The molecular weight excluding hydrogens is 718 g/mol. The first kappa shape index (κ1) is 34.4. The number of nitrogens with zero attached hydrogens (tertiary/aromatic N) is 2. The van der Waals surface area contributed by atoms with Crippen LogP contribution in [0.2, 0.25) is 0 Å². The summed E-state index contributed by atoms with van der Waals surface area (Å²) in [6.45, 7) is 5.92. The second kappa shape index (κ2) is 15.7. The molecule has 0 heterocycles. The summed E-state index contributed by atoms with van der Waals surface area (Å²) in [6, 6.07) is 29.4. The van der Waals surface area contributed by atoms with Gasteiger partial charge in [0, 0.05) is 28.5 Å². The normalized spacial score (nSPS) is 12.0. The lowest BCUT2D eigenvalue weighted by molar-refractivity contribution is -0.140. The Kier molecular flexibility index (Phi) is 12.0. The van der Waals surface area contributed by atoms with Gasteiger partial charge in [-0.15, -0.1) is 0 Å². The summed E-state index contributed by atoms with van der Waals surface area (Å²) < 4.78 is 31.0. The molecule has 0 saturated heterocycles. The number of anilines is 1. The molecule has 0 radical (unpaired) electrons. The van der Waals surface area contributed by atoms with Crippen LogP contribution in [0.25, 0.3) is 0 Å². The van der Waals surface area contributed by atoms with Gasteiger partial charge in [-0.05, 0) is 72.5 Å². The molecule has 0 bridgehead atoms. The molecule has 1 N–H and O–H groups in total. The first-order valence-electron chi connectivity index (χ1n) is 14.6. The molecule has 10 heteroatoms. The molecule has 236 valence electrons.